The molecular formula is C13H28N2O2S. The van der Waals surface area contributed by atoms with Crippen molar-refractivity contribution in [1.29, 1.82) is 0 Å². The van der Waals surface area contributed by atoms with Crippen molar-refractivity contribution in [2.45, 2.75) is 58.2 Å². The standard InChI is InChI=1S/C13H28N2O2S/c1-11(2)15(18(16,17)13(3,4)5)10-12-7-6-8-14-9-12/h11-12,14H,6-10H2,1-5H3. The van der Waals surface area contributed by atoms with Crippen molar-refractivity contribution in [3.8, 4) is 0 Å². The number of nitrogens with one attached hydrogen (secondary N) is 1. The van der Waals surface area contributed by atoms with Gasteiger partial charge in [-0.1, -0.05) is 0 Å². The van der Waals surface area contributed by atoms with E-state index in [2.05, 4.69) is 5.32 Å². The molecule has 1 heterocycles. The van der Waals surface area contributed by atoms with Crippen molar-refractivity contribution in [3.63, 3.8) is 0 Å². The van der Waals surface area contributed by atoms with Crippen LogP contribution in [0.5, 0.6) is 0 Å². The summed E-state index contributed by atoms with van der Waals surface area (Å²) in [4.78, 5) is 0. The predicted molar refractivity (Wildman–Crippen MR) is 76.1 cm³/mol. The van der Waals surface area contributed by atoms with E-state index in [0.717, 1.165) is 25.9 Å². The Balaban J connectivity index is 2.83. The van der Waals surface area contributed by atoms with Crippen molar-refractivity contribution >= 4 is 10.0 Å². The minimum absolute atomic E-state index is 0.0242. The zero-order valence-electron chi connectivity index (χ0n) is 12.4. The van der Waals surface area contributed by atoms with E-state index in [1.807, 2.05) is 13.8 Å². The molecule has 0 aromatic carbocycles. The molecular weight excluding hydrogens is 248 g/mol. The average Bonchev–Trinajstić information content (AvgIpc) is 2.25. The van der Waals surface area contributed by atoms with Gasteiger partial charge in [0.1, 0.15) is 0 Å². The Hall–Kier alpha value is -0.130. The lowest BCUT2D eigenvalue weighted by molar-refractivity contribution is 0.259. The van der Waals surface area contributed by atoms with Crippen molar-refractivity contribution < 1.29 is 8.42 Å². The number of hydrogen-bond acceptors (Lipinski definition) is 3. The Kier molecular flexibility index (Phi) is 5.21. The topological polar surface area (TPSA) is 49.4 Å². The first-order valence-electron chi connectivity index (χ1n) is 6.88. The summed E-state index contributed by atoms with van der Waals surface area (Å²) in [5, 5.41) is 3.35. The second kappa shape index (κ2) is 5.88. The van der Waals surface area contributed by atoms with E-state index in [1.54, 1.807) is 25.1 Å². The molecule has 1 atom stereocenters. The predicted octanol–water partition coefficient (Wildman–Crippen LogP) is 1.82. The van der Waals surface area contributed by atoms with Gasteiger partial charge in [0.15, 0.2) is 0 Å². The summed E-state index contributed by atoms with van der Waals surface area (Å²) in [6.45, 7) is 11.9. The lowest BCUT2D eigenvalue weighted by Crippen LogP contribution is -2.49. The van der Waals surface area contributed by atoms with Gasteiger partial charge in [0, 0.05) is 12.6 Å². The summed E-state index contributed by atoms with van der Waals surface area (Å²) in [6.07, 6.45) is 2.27. The highest BCUT2D eigenvalue weighted by molar-refractivity contribution is 7.90. The Bertz CT molecular complexity index is 352. The van der Waals surface area contributed by atoms with E-state index in [1.165, 1.54) is 0 Å². The van der Waals surface area contributed by atoms with Crippen molar-refractivity contribution in [3.05, 3.63) is 0 Å². The summed E-state index contributed by atoms with van der Waals surface area (Å²) in [6, 6.07) is 0.0242. The maximum absolute atomic E-state index is 12.6. The largest absolute Gasteiger partial charge is 0.316 e. The number of hydrogen-bond donors (Lipinski definition) is 1. The van der Waals surface area contributed by atoms with Gasteiger partial charge in [-0.25, -0.2) is 8.42 Å². The molecule has 0 spiro atoms. The van der Waals surface area contributed by atoms with Gasteiger partial charge in [-0.3, -0.25) is 0 Å². The first kappa shape index (κ1) is 15.9. The van der Waals surface area contributed by atoms with Gasteiger partial charge in [-0.15, -0.1) is 0 Å². The molecule has 1 saturated heterocycles. The number of sulfonamides is 1. The maximum Gasteiger partial charge on any atom is 0.219 e. The average molecular weight is 276 g/mol. The van der Waals surface area contributed by atoms with Gasteiger partial charge in [0.05, 0.1) is 4.75 Å². The fraction of sp³-hybridized carbons (Fsp3) is 1.00. The molecule has 1 N–H and O–H groups in total. The molecule has 0 radical (unpaired) electrons. The fourth-order valence-electron chi connectivity index (χ4n) is 2.27. The van der Waals surface area contributed by atoms with Crippen LogP contribution < -0.4 is 5.32 Å². The first-order chi connectivity index (χ1) is 8.16. The molecule has 1 fully saturated rings. The minimum Gasteiger partial charge on any atom is -0.316 e. The summed E-state index contributed by atoms with van der Waals surface area (Å²) >= 11 is 0. The fourth-order valence-corrected chi connectivity index (χ4v) is 3.94. The molecule has 1 unspecified atom stereocenters. The third kappa shape index (κ3) is 3.68. The quantitative estimate of drug-likeness (QED) is 0.852. The van der Waals surface area contributed by atoms with Crippen LogP contribution in [-0.4, -0.2) is 43.1 Å². The van der Waals surface area contributed by atoms with Gasteiger partial charge >= 0.3 is 0 Å². The van der Waals surface area contributed by atoms with Crippen LogP contribution in [0.1, 0.15) is 47.5 Å². The third-order valence-electron chi connectivity index (χ3n) is 3.50. The Morgan fingerprint density at radius 1 is 1.33 bits per heavy atom. The molecule has 108 valence electrons. The molecule has 1 rings (SSSR count). The second-order valence-electron chi connectivity index (χ2n) is 6.49. The molecule has 4 nitrogen and oxygen atoms in total. The van der Waals surface area contributed by atoms with E-state index in [4.69, 9.17) is 0 Å². The zero-order chi connectivity index (χ0) is 14.0. The molecule has 1 aliphatic rings. The highest BCUT2D eigenvalue weighted by Crippen LogP contribution is 2.24. The molecule has 0 bridgehead atoms. The Morgan fingerprint density at radius 2 is 1.94 bits per heavy atom. The van der Waals surface area contributed by atoms with Crippen LogP contribution in [0.3, 0.4) is 0 Å². The smallest absolute Gasteiger partial charge is 0.219 e. The SMILES string of the molecule is CC(C)N(CC1CCCNC1)S(=O)(=O)C(C)(C)C. The van der Waals surface area contributed by atoms with Crippen molar-refractivity contribution in [2.24, 2.45) is 5.92 Å². The second-order valence-corrected chi connectivity index (χ2v) is 9.14. The van der Waals surface area contributed by atoms with Crippen molar-refractivity contribution in [1.82, 2.24) is 9.62 Å². The van der Waals surface area contributed by atoms with Crippen LogP contribution >= 0.6 is 0 Å². The lowest BCUT2D eigenvalue weighted by atomic mass is 9.99. The monoisotopic (exact) mass is 276 g/mol. The van der Waals surface area contributed by atoms with Crippen LogP contribution in [0.2, 0.25) is 0 Å². The summed E-state index contributed by atoms with van der Waals surface area (Å²) in [7, 11) is -3.23. The van der Waals surface area contributed by atoms with Gasteiger partial charge in [-0.2, -0.15) is 4.31 Å². The third-order valence-corrected chi connectivity index (χ3v) is 6.23. The molecule has 0 aromatic heterocycles. The van der Waals surface area contributed by atoms with Gasteiger partial charge in [0.25, 0.3) is 0 Å². The molecule has 1 aliphatic heterocycles. The molecule has 0 aromatic rings. The Morgan fingerprint density at radius 3 is 2.33 bits per heavy atom. The summed E-state index contributed by atoms with van der Waals surface area (Å²) in [5.74, 6) is 0.443. The van der Waals surface area contributed by atoms with E-state index in [-0.39, 0.29) is 6.04 Å². The lowest BCUT2D eigenvalue weighted by Gasteiger charge is -2.36. The van der Waals surface area contributed by atoms with Gasteiger partial charge in [0.2, 0.25) is 10.0 Å². The zero-order valence-corrected chi connectivity index (χ0v) is 13.2. The Labute approximate surface area is 112 Å². The molecule has 0 aliphatic carbocycles. The molecule has 18 heavy (non-hydrogen) atoms. The number of nitrogens with zero attached hydrogens (tertiary/aromatic N) is 1. The van der Waals surface area contributed by atoms with Crippen LogP contribution in [0, 0.1) is 5.92 Å². The van der Waals surface area contributed by atoms with E-state index >= 15 is 0 Å². The highest BCUT2D eigenvalue weighted by atomic mass is 32.2. The normalized spacial score (nSPS) is 22.7. The summed E-state index contributed by atoms with van der Waals surface area (Å²) < 4.78 is 26.1. The molecule has 0 saturated carbocycles. The first-order valence-corrected chi connectivity index (χ1v) is 8.32. The number of rotatable bonds is 4. The van der Waals surface area contributed by atoms with Crippen LogP contribution in [0.15, 0.2) is 0 Å². The maximum atomic E-state index is 12.6. The molecule has 0 amide bonds. The van der Waals surface area contributed by atoms with Gasteiger partial charge in [-0.05, 0) is 66.5 Å². The van der Waals surface area contributed by atoms with Crippen LogP contribution in [0.4, 0.5) is 0 Å². The van der Waals surface area contributed by atoms with E-state index < -0.39 is 14.8 Å². The highest BCUT2D eigenvalue weighted by Gasteiger charge is 2.37. The van der Waals surface area contributed by atoms with E-state index in [0.29, 0.717) is 12.5 Å². The number of piperidine rings is 1. The van der Waals surface area contributed by atoms with E-state index in [9.17, 15) is 8.42 Å². The van der Waals surface area contributed by atoms with Gasteiger partial charge < -0.3 is 5.32 Å². The summed E-state index contributed by atoms with van der Waals surface area (Å²) in [5.41, 5.74) is 0. The molecule has 5 heteroatoms. The van der Waals surface area contributed by atoms with Crippen LogP contribution in [-0.2, 0) is 10.0 Å². The van der Waals surface area contributed by atoms with Crippen LogP contribution in [0.25, 0.3) is 0 Å². The minimum atomic E-state index is -3.23. The van der Waals surface area contributed by atoms with Crippen molar-refractivity contribution in [2.75, 3.05) is 19.6 Å².